The van der Waals surface area contributed by atoms with E-state index in [2.05, 4.69) is 71.3 Å². The number of hydrogen-bond acceptors (Lipinski definition) is 2. The Kier molecular flexibility index (Phi) is 3.92. The third kappa shape index (κ3) is 3.43. The first-order chi connectivity index (χ1) is 9.40. The van der Waals surface area contributed by atoms with Crippen LogP contribution >= 0.6 is 0 Å². The van der Waals surface area contributed by atoms with E-state index in [9.17, 15) is 0 Å². The molecule has 1 heterocycles. The van der Waals surface area contributed by atoms with E-state index in [1.54, 1.807) is 0 Å². The molecule has 1 aliphatic rings. The van der Waals surface area contributed by atoms with Gasteiger partial charge in [0.25, 0.3) is 0 Å². The van der Waals surface area contributed by atoms with Crippen molar-refractivity contribution in [3.63, 3.8) is 0 Å². The van der Waals surface area contributed by atoms with E-state index in [0.717, 1.165) is 19.4 Å². The van der Waals surface area contributed by atoms with Gasteiger partial charge in [-0.15, -0.1) is 0 Å². The predicted molar refractivity (Wildman–Crippen MR) is 79.0 cm³/mol. The predicted octanol–water partition coefficient (Wildman–Crippen LogP) is 2.36. The maximum absolute atomic E-state index is 3.68. The molecule has 2 aromatic carbocycles. The van der Waals surface area contributed by atoms with Crippen LogP contribution in [-0.2, 0) is 12.8 Å². The number of rotatable bonds is 4. The molecule has 2 N–H and O–H groups in total. The summed E-state index contributed by atoms with van der Waals surface area (Å²) in [5, 5.41) is 7.24. The van der Waals surface area contributed by atoms with Gasteiger partial charge in [0.05, 0.1) is 6.17 Å². The molecule has 3 rings (SSSR count). The van der Waals surface area contributed by atoms with Crippen molar-refractivity contribution in [1.82, 2.24) is 10.6 Å². The highest BCUT2D eigenvalue weighted by Gasteiger charge is 2.22. The van der Waals surface area contributed by atoms with Crippen LogP contribution in [0, 0.1) is 0 Å². The van der Waals surface area contributed by atoms with Crippen LogP contribution in [0.5, 0.6) is 0 Å². The average Bonchev–Trinajstić information content (AvgIpc) is 2.88. The first-order valence-electron chi connectivity index (χ1n) is 6.97. The molecule has 2 aromatic rings. The first-order valence-corrected chi connectivity index (χ1v) is 6.97. The molecule has 0 saturated carbocycles. The van der Waals surface area contributed by atoms with Crippen molar-refractivity contribution in [2.75, 3.05) is 6.54 Å². The highest BCUT2D eigenvalue weighted by molar-refractivity contribution is 5.18. The van der Waals surface area contributed by atoms with Crippen LogP contribution in [0.2, 0.25) is 0 Å². The first kappa shape index (κ1) is 12.4. The summed E-state index contributed by atoms with van der Waals surface area (Å²) in [5.74, 6) is 0. The van der Waals surface area contributed by atoms with E-state index < -0.39 is 0 Å². The van der Waals surface area contributed by atoms with Crippen LogP contribution in [-0.4, -0.2) is 18.8 Å². The van der Waals surface area contributed by atoms with Gasteiger partial charge in [-0.3, -0.25) is 5.32 Å². The second-order valence-corrected chi connectivity index (χ2v) is 5.20. The van der Waals surface area contributed by atoms with Crippen LogP contribution in [0.15, 0.2) is 60.7 Å². The van der Waals surface area contributed by atoms with Crippen molar-refractivity contribution in [1.29, 1.82) is 0 Å². The Morgan fingerprint density at radius 1 is 0.789 bits per heavy atom. The van der Waals surface area contributed by atoms with E-state index in [-0.39, 0.29) is 0 Å². The zero-order chi connectivity index (χ0) is 12.9. The van der Waals surface area contributed by atoms with Gasteiger partial charge in [0.15, 0.2) is 0 Å². The van der Waals surface area contributed by atoms with Crippen LogP contribution in [0.3, 0.4) is 0 Å². The highest BCUT2D eigenvalue weighted by atomic mass is 15.2. The number of benzene rings is 2. The van der Waals surface area contributed by atoms with E-state index in [1.165, 1.54) is 11.1 Å². The van der Waals surface area contributed by atoms with E-state index >= 15 is 0 Å². The van der Waals surface area contributed by atoms with Crippen LogP contribution in [0.1, 0.15) is 11.1 Å². The highest BCUT2D eigenvalue weighted by Crippen LogP contribution is 2.09. The van der Waals surface area contributed by atoms with Gasteiger partial charge in [-0.2, -0.15) is 0 Å². The summed E-state index contributed by atoms with van der Waals surface area (Å²) >= 11 is 0. The Morgan fingerprint density at radius 2 is 1.37 bits per heavy atom. The molecule has 1 aliphatic heterocycles. The van der Waals surface area contributed by atoms with E-state index in [1.807, 2.05) is 0 Å². The molecule has 98 valence electrons. The van der Waals surface area contributed by atoms with Crippen molar-refractivity contribution in [2.45, 2.75) is 25.0 Å². The molecular formula is C17H20N2. The number of hydrogen-bond donors (Lipinski definition) is 2. The molecule has 0 unspecified atom stereocenters. The van der Waals surface area contributed by atoms with Gasteiger partial charge in [0.1, 0.15) is 0 Å². The van der Waals surface area contributed by atoms with Crippen molar-refractivity contribution in [3.8, 4) is 0 Å². The molecular weight excluding hydrogens is 232 g/mol. The second-order valence-electron chi connectivity index (χ2n) is 5.20. The third-order valence-electron chi connectivity index (χ3n) is 3.66. The molecule has 1 saturated heterocycles. The van der Waals surface area contributed by atoms with Gasteiger partial charge in [0, 0.05) is 19.0 Å². The van der Waals surface area contributed by atoms with Crippen LogP contribution in [0.25, 0.3) is 0 Å². The minimum absolute atomic E-state index is 0.399. The fraction of sp³-hybridized carbons (Fsp3) is 0.294. The summed E-state index contributed by atoms with van der Waals surface area (Å²) in [6, 6.07) is 21.9. The summed E-state index contributed by atoms with van der Waals surface area (Å²) in [6.07, 6.45) is 2.54. The largest absolute Gasteiger partial charge is 0.300 e. The molecule has 0 amide bonds. The molecule has 2 nitrogen and oxygen atoms in total. The SMILES string of the molecule is c1ccc(C[C@H]2CN[C@H](Cc3ccccc3)N2)cc1. The maximum Gasteiger partial charge on any atom is 0.0616 e. The lowest BCUT2D eigenvalue weighted by Gasteiger charge is -2.13. The minimum atomic E-state index is 0.399. The molecule has 1 fully saturated rings. The molecule has 2 heteroatoms. The summed E-state index contributed by atoms with van der Waals surface area (Å²) in [4.78, 5) is 0. The fourth-order valence-corrected chi connectivity index (χ4v) is 2.70. The molecule has 19 heavy (non-hydrogen) atoms. The molecule has 0 radical (unpaired) electrons. The topological polar surface area (TPSA) is 24.1 Å². The average molecular weight is 252 g/mol. The lowest BCUT2D eigenvalue weighted by molar-refractivity contribution is 0.516. The Bertz CT molecular complexity index is 448. The van der Waals surface area contributed by atoms with Crippen molar-refractivity contribution in [2.24, 2.45) is 0 Å². The molecule has 0 spiro atoms. The van der Waals surface area contributed by atoms with Gasteiger partial charge in [0.2, 0.25) is 0 Å². The Balaban J connectivity index is 1.53. The summed E-state index contributed by atoms with van der Waals surface area (Å²) in [6.45, 7) is 1.05. The molecule has 0 aromatic heterocycles. The molecule has 0 bridgehead atoms. The Morgan fingerprint density at radius 3 is 2.00 bits per heavy atom. The quantitative estimate of drug-likeness (QED) is 0.873. The van der Waals surface area contributed by atoms with Crippen LogP contribution in [0.4, 0.5) is 0 Å². The smallest absolute Gasteiger partial charge is 0.0616 e. The fourth-order valence-electron chi connectivity index (χ4n) is 2.70. The molecule has 2 atom stereocenters. The van der Waals surface area contributed by atoms with Crippen molar-refractivity contribution >= 4 is 0 Å². The van der Waals surface area contributed by atoms with Crippen LogP contribution < -0.4 is 10.6 Å². The monoisotopic (exact) mass is 252 g/mol. The van der Waals surface area contributed by atoms with Crippen molar-refractivity contribution < 1.29 is 0 Å². The van der Waals surface area contributed by atoms with Crippen molar-refractivity contribution in [3.05, 3.63) is 71.8 Å². The Hall–Kier alpha value is -1.64. The Labute approximate surface area is 114 Å². The zero-order valence-corrected chi connectivity index (χ0v) is 11.0. The maximum atomic E-state index is 3.68. The number of nitrogens with one attached hydrogen (secondary N) is 2. The summed E-state index contributed by atoms with van der Waals surface area (Å²) < 4.78 is 0. The normalized spacial score (nSPS) is 22.5. The minimum Gasteiger partial charge on any atom is -0.300 e. The van der Waals surface area contributed by atoms with Gasteiger partial charge in [-0.1, -0.05) is 60.7 Å². The zero-order valence-electron chi connectivity index (χ0n) is 11.0. The second kappa shape index (κ2) is 6.00. The third-order valence-corrected chi connectivity index (χ3v) is 3.66. The summed E-state index contributed by atoms with van der Waals surface area (Å²) in [7, 11) is 0. The lowest BCUT2D eigenvalue weighted by Crippen LogP contribution is -2.36. The lowest BCUT2D eigenvalue weighted by atomic mass is 10.1. The van der Waals surface area contributed by atoms with Gasteiger partial charge in [-0.25, -0.2) is 0 Å². The van der Waals surface area contributed by atoms with Gasteiger partial charge < -0.3 is 5.32 Å². The molecule has 0 aliphatic carbocycles. The van der Waals surface area contributed by atoms with Gasteiger partial charge in [-0.05, 0) is 17.5 Å². The summed E-state index contributed by atoms with van der Waals surface area (Å²) in [5.41, 5.74) is 2.79. The van der Waals surface area contributed by atoms with Gasteiger partial charge >= 0.3 is 0 Å². The standard InChI is InChI=1S/C17H20N2/c1-3-7-14(8-4-1)11-16-13-18-17(19-16)12-15-9-5-2-6-10-15/h1-10,16-19H,11-13H2/t16-,17-/m0/s1. The van der Waals surface area contributed by atoms with E-state index in [0.29, 0.717) is 12.2 Å². The van der Waals surface area contributed by atoms with E-state index in [4.69, 9.17) is 0 Å².